The fraction of sp³-hybridized carbons (Fsp3) is 0.545. The van der Waals surface area contributed by atoms with E-state index in [0.717, 1.165) is 60.4 Å². The third-order valence-corrected chi connectivity index (χ3v) is 6.44. The molecule has 5 heterocycles. The number of rotatable bonds is 5. The molecule has 9 heteroatoms. The zero-order chi connectivity index (χ0) is 21.2. The summed E-state index contributed by atoms with van der Waals surface area (Å²) in [7, 11) is 0. The molecule has 3 aromatic heterocycles. The molecule has 1 N–H and O–H groups in total. The summed E-state index contributed by atoms with van der Waals surface area (Å²) in [5, 5.41) is 9.93. The van der Waals surface area contributed by atoms with Crippen LogP contribution >= 0.6 is 0 Å². The average molecular weight is 424 g/mol. The molecule has 0 spiro atoms. The number of amides is 1. The van der Waals surface area contributed by atoms with Crippen molar-refractivity contribution in [2.75, 3.05) is 45.9 Å². The van der Waals surface area contributed by atoms with E-state index in [-0.39, 0.29) is 19.8 Å². The van der Waals surface area contributed by atoms with Crippen LogP contribution in [0.3, 0.4) is 0 Å². The Morgan fingerprint density at radius 2 is 2.10 bits per heavy atom. The minimum atomic E-state index is 0. The minimum absolute atomic E-state index is 0. The third-order valence-electron chi connectivity index (χ3n) is 6.44. The van der Waals surface area contributed by atoms with E-state index in [2.05, 4.69) is 25.5 Å². The van der Waals surface area contributed by atoms with Gasteiger partial charge < -0.3 is 24.1 Å². The Hall–Kier alpha value is -2.96. The van der Waals surface area contributed by atoms with Crippen LogP contribution < -0.4 is 0 Å². The van der Waals surface area contributed by atoms with Gasteiger partial charge in [-0.2, -0.15) is 5.26 Å². The van der Waals surface area contributed by atoms with Crippen molar-refractivity contribution in [3.63, 3.8) is 0 Å². The number of imidazole rings is 1. The van der Waals surface area contributed by atoms with Crippen LogP contribution in [0.2, 0.25) is 0 Å². The number of nitrogens with zero attached hydrogens (tertiary/aromatic N) is 6. The fourth-order valence-corrected chi connectivity index (χ4v) is 4.83. The molecule has 0 unspecified atom stereocenters. The zero-order valence-corrected chi connectivity index (χ0v) is 17.6. The molecule has 164 valence electrons. The maximum Gasteiger partial charge on any atom is 0.230 e. The molecule has 2 fully saturated rings. The van der Waals surface area contributed by atoms with Gasteiger partial charge in [0.05, 0.1) is 37.4 Å². The van der Waals surface area contributed by atoms with Crippen LogP contribution in [-0.4, -0.2) is 81.2 Å². The molecular formula is C22H29N7O2. The number of fused-ring (bicyclic) bond motifs is 3. The van der Waals surface area contributed by atoms with Crippen LogP contribution in [-0.2, 0) is 16.0 Å². The van der Waals surface area contributed by atoms with Crippen LogP contribution in [0.25, 0.3) is 22.1 Å². The quantitative estimate of drug-likeness (QED) is 0.674. The van der Waals surface area contributed by atoms with Gasteiger partial charge in [0, 0.05) is 58.2 Å². The normalized spacial score (nSPS) is 18.6. The first-order valence-corrected chi connectivity index (χ1v) is 11.0. The van der Waals surface area contributed by atoms with E-state index in [4.69, 9.17) is 15.0 Å². The number of morpholine rings is 1. The van der Waals surface area contributed by atoms with Gasteiger partial charge in [0.25, 0.3) is 0 Å². The highest BCUT2D eigenvalue weighted by molar-refractivity contribution is 6.01. The molecular weight excluding hydrogens is 394 g/mol. The van der Waals surface area contributed by atoms with Gasteiger partial charge in [0.15, 0.2) is 0 Å². The average Bonchev–Trinajstić information content (AvgIpc) is 3.42. The number of nitriles is 1. The lowest BCUT2D eigenvalue weighted by atomic mass is 10.0. The molecule has 0 aliphatic carbocycles. The summed E-state index contributed by atoms with van der Waals surface area (Å²) in [6.07, 6.45) is 6.50. The number of aromatic amines is 1. The molecule has 31 heavy (non-hydrogen) atoms. The standard InChI is InChI=1S/C22H27N7O2.H2/c23-5-1-7-27-8-3-16(4-9-27)29-19(14-20(30)28-10-12-31-13-11-28)26-18-15-25-22-17(21(18)29)2-6-24-22;/h2,6,15-16H,1,3-4,7-14H2,(H,24,25);1H. The molecule has 1 amide bonds. The Bertz CT molecular complexity index is 1120. The predicted molar refractivity (Wildman–Crippen MR) is 118 cm³/mol. The van der Waals surface area contributed by atoms with Gasteiger partial charge in [-0.1, -0.05) is 0 Å². The number of H-pyrrole nitrogens is 1. The molecule has 0 saturated carbocycles. The van der Waals surface area contributed by atoms with Gasteiger partial charge in [-0.15, -0.1) is 0 Å². The molecule has 0 aromatic carbocycles. The molecule has 9 nitrogen and oxygen atoms in total. The molecule has 2 aliphatic heterocycles. The number of hydrogen-bond acceptors (Lipinski definition) is 6. The van der Waals surface area contributed by atoms with Crippen LogP contribution in [0.15, 0.2) is 18.5 Å². The van der Waals surface area contributed by atoms with E-state index in [1.54, 1.807) is 6.20 Å². The highest BCUT2D eigenvalue weighted by atomic mass is 16.5. The van der Waals surface area contributed by atoms with E-state index in [0.29, 0.717) is 32.7 Å². The minimum Gasteiger partial charge on any atom is -0.378 e. The molecule has 2 aliphatic rings. The van der Waals surface area contributed by atoms with Crippen molar-refractivity contribution in [3.05, 3.63) is 24.3 Å². The first kappa shape index (κ1) is 20.0. The Kier molecular flexibility index (Phi) is 5.57. The molecule has 3 aromatic rings. The van der Waals surface area contributed by atoms with Crippen LogP contribution in [0.4, 0.5) is 0 Å². The summed E-state index contributed by atoms with van der Waals surface area (Å²) in [6.45, 7) is 5.19. The highest BCUT2D eigenvalue weighted by Crippen LogP contribution is 2.32. The van der Waals surface area contributed by atoms with Crippen LogP contribution in [0.5, 0.6) is 0 Å². The highest BCUT2D eigenvalue weighted by Gasteiger charge is 2.28. The summed E-state index contributed by atoms with van der Waals surface area (Å²) < 4.78 is 7.69. The topological polar surface area (TPSA) is 103 Å². The van der Waals surface area contributed by atoms with Gasteiger partial charge in [-0.05, 0) is 18.9 Å². The van der Waals surface area contributed by atoms with Crippen molar-refractivity contribution < 1.29 is 11.0 Å². The number of piperidine rings is 1. The zero-order valence-electron chi connectivity index (χ0n) is 17.6. The number of nitrogens with one attached hydrogen (secondary N) is 1. The predicted octanol–water partition coefficient (Wildman–Crippen LogP) is 2.11. The second-order valence-corrected chi connectivity index (χ2v) is 8.28. The molecule has 0 radical (unpaired) electrons. The summed E-state index contributed by atoms with van der Waals surface area (Å²) in [6, 6.07) is 4.55. The number of pyridine rings is 1. The first-order chi connectivity index (χ1) is 15.2. The second-order valence-electron chi connectivity index (χ2n) is 8.28. The summed E-state index contributed by atoms with van der Waals surface area (Å²) in [5.74, 6) is 0.919. The van der Waals surface area contributed by atoms with Crippen molar-refractivity contribution in [1.29, 1.82) is 5.26 Å². The summed E-state index contributed by atoms with van der Waals surface area (Å²) in [4.78, 5) is 29.8. The van der Waals surface area contributed by atoms with E-state index in [1.807, 2.05) is 17.2 Å². The third kappa shape index (κ3) is 3.89. The Labute approximate surface area is 182 Å². The van der Waals surface area contributed by atoms with Gasteiger partial charge in [0.2, 0.25) is 5.91 Å². The number of hydrogen-bond donors (Lipinski definition) is 1. The molecule has 0 atom stereocenters. The van der Waals surface area contributed by atoms with Gasteiger partial charge in [-0.25, -0.2) is 9.97 Å². The number of carbonyl (C=O) groups is 1. The molecule has 0 bridgehead atoms. The van der Waals surface area contributed by atoms with E-state index in [1.165, 1.54) is 0 Å². The number of ether oxygens (including phenoxy) is 1. The van der Waals surface area contributed by atoms with E-state index < -0.39 is 0 Å². The maximum atomic E-state index is 13.0. The van der Waals surface area contributed by atoms with Crippen molar-refractivity contribution >= 4 is 28.0 Å². The Morgan fingerprint density at radius 3 is 2.87 bits per heavy atom. The molecule has 2 saturated heterocycles. The first-order valence-electron chi connectivity index (χ1n) is 11.0. The number of likely N-dealkylation sites (tertiary alicyclic amines) is 1. The Balaban J connectivity index is 0.00000245. The van der Waals surface area contributed by atoms with Crippen molar-refractivity contribution in [1.82, 2.24) is 29.3 Å². The number of aromatic nitrogens is 4. The lowest BCUT2D eigenvalue weighted by molar-refractivity contribution is -0.134. The summed E-state index contributed by atoms with van der Waals surface area (Å²) >= 11 is 0. The van der Waals surface area contributed by atoms with Gasteiger partial charge >= 0.3 is 0 Å². The van der Waals surface area contributed by atoms with Crippen LogP contribution in [0, 0.1) is 11.3 Å². The van der Waals surface area contributed by atoms with E-state index >= 15 is 0 Å². The van der Waals surface area contributed by atoms with Gasteiger partial charge in [-0.3, -0.25) is 4.79 Å². The van der Waals surface area contributed by atoms with Crippen molar-refractivity contribution in [2.45, 2.75) is 31.7 Å². The van der Waals surface area contributed by atoms with Crippen LogP contribution in [0.1, 0.15) is 32.6 Å². The second kappa shape index (κ2) is 8.65. The number of carbonyl (C=O) groups excluding carboxylic acids is 1. The lowest BCUT2D eigenvalue weighted by Gasteiger charge is -2.33. The summed E-state index contributed by atoms with van der Waals surface area (Å²) in [5.41, 5.74) is 2.74. The van der Waals surface area contributed by atoms with Crippen molar-refractivity contribution in [2.24, 2.45) is 0 Å². The molecule has 5 rings (SSSR count). The SMILES string of the molecule is N#CCCN1CCC(n2c(CC(=O)N3CCOCC3)nc3cnc4[nH]ccc4c32)CC1.[HH]. The van der Waals surface area contributed by atoms with Gasteiger partial charge in [0.1, 0.15) is 17.0 Å². The van der Waals surface area contributed by atoms with Crippen molar-refractivity contribution in [3.8, 4) is 6.07 Å². The monoisotopic (exact) mass is 423 g/mol. The smallest absolute Gasteiger partial charge is 0.230 e. The maximum absolute atomic E-state index is 13.0. The lowest BCUT2D eigenvalue weighted by Crippen LogP contribution is -2.42. The fourth-order valence-electron chi connectivity index (χ4n) is 4.83. The Morgan fingerprint density at radius 1 is 1.29 bits per heavy atom. The van der Waals surface area contributed by atoms with E-state index in [9.17, 15) is 4.79 Å². The largest absolute Gasteiger partial charge is 0.378 e.